The van der Waals surface area contributed by atoms with Gasteiger partial charge in [-0.3, -0.25) is 9.36 Å². The van der Waals surface area contributed by atoms with Crippen LogP contribution in [0.4, 0.5) is 0 Å². The smallest absolute Gasteiger partial charge is 0.250 e. The van der Waals surface area contributed by atoms with Crippen molar-refractivity contribution < 1.29 is 4.79 Å². The molecule has 0 aliphatic rings. The van der Waals surface area contributed by atoms with Crippen LogP contribution in [-0.4, -0.2) is 32.6 Å². The lowest BCUT2D eigenvalue weighted by Crippen LogP contribution is -2.20. The van der Waals surface area contributed by atoms with Crippen LogP contribution in [0.3, 0.4) is 0 Å². The van der Waals surface area contributed by atoms with E-state index in [2.05, 4.69) is 20.7 Å². The third-order valence-electron chi connectivity index (χ3n) is 4.31. The first-order valence-electron chi connectivity index (χ1n) is 9.48. The maximum absolute atomic E-state index is 12.3. The summed E-state index contributed by atoms with van der Waals surface area (Å²) in [7, 11) is 0. The van der Waals surface area contributed by atoms with E-state index in [1.165, 1.54) is 18.0 Å². The maximum Gasteiger partial charge on any atom is 0.250 e. The lowest BCUT2D eigenvalue weighted by atomic mass is 10.2. The van der Waals surface area contributed by atoms with Crippen LogP contribution in [0, 0.1) is 0 Å². The molecule has 0 bridgehead atoms. The number of hydrogen-bond acceptors (Lipinski definition) is 5. The number of hydrogen-bond donors (Lipinski definition) is 1. The molecular formula is C23H18ClN5OS. The van der Waals surface area contributed by atoms with Gasteiger partial charge >= 0.3 is 0 Å². The minimum atomic E-state index is -0.253. The zero-order valence-corrected chi connectivity index (χ0v) is 17.9. The van der Waals surface area contributed by atoms with Gasteiger partial charge in [0, 0.05) is 21.8 Å². The SMILES string of the molecule is O=C(CSc1nnc(-c2ccccc2)n1-c1ccccc1)NN=Cc1ccccc1Cl. The van der Waals surface area contributed by atoms with E-state index in [1.807, 2.05) is 83.4 Å². The number of halogens is 1. The summed E-state index contributed by atoms with van der Waals surface area (Å²) in [6, 6.07) is 26.9. The van der Waals surface area contributed by atoms with Crippen molar-refractivity contribution in [3.8, 4) is 17.1 Å². The van der Waals surface area contributed by atoms with E-state index in [9.17, 15) is 4.79 Å². The molecule has 31 heavy (non-hydrogen) atoms. The van der Waals surface area contributed by atoms with Crippen molar-refractivity contribution in [2.75, 3.05) is 5.75 Å². The van der Waals surface area contributed by atoms with Crippen LogP contribution in [0.15, 0.2) is 95.2 Å². The molecule has 0 spiro atoms. The highest BCUT2D eigenvalue weighted by Crippen LogP contribution is 2.27. The highest BCUT2D eigenvalue weighted by atomic mass is 35.5. The normalized spacial score (nSPS) is 11.0. The second-order valence-electron chi connectivity index (χ2n) is 6.45. The Kier molecular flexibility index (Phi) is 6.76. The van der Waals surface area contributed by atoms with Crippen LogP contribution in [0.2, 0.25) is 5.02 Å². The summed E-state index contributed by atoms with van der Waals surface area (Å²) >= 11 is 7.38. The number of carbonyl (C=O) groups excluding carboxylic acids is 1. The van der Waals surface area contributed by atoms with E-state index in [-0.39, 0.29) is 11.7 Å². The minimum Gasteiger partial charge on any atom is -0.272 e. The Morgan fingerprint density at radius 3 is 2.39 bits per heavy atom. The lowest BCUT2D eigenvalue weighted by Gasteiger charge is -2.10. The molecule has 0 saturated carbocycles. The van der Waals surface area contributed by atoms with Gasteiger partial charge in [-0.25, -0.2) is 5.43 Å². The summed E-state index contributed by atoms with van der Waals surface area (Å²) in [6.45, 7) is 0. The molecule has 0 saturated heterocycles. The quantitative estimate of drug-likeness (QED) is 0.250. The lowest BCUT2D eigenvalue weighted by molar-refractivity contribution is -0.118. The molecule has 0 fully saturated rings. The fourth-order valence-corrected chi connectivity index (χ4v) is 3.79. The molecule has 0 aliphatic carbocycles. The molecule has 0 radical (unpaired) electrons. The van der Waals surface area contributed by atoms with Crippen molar-refractivity contribution in [3.63, 3.8) is 0 Å². The molecule has 3 aromatic carbocycles. The van der Waals surface area contributed by atoms with E-state index >= 15 is 0 Å². The molecule has 154 valence electrons. The molecule has 0 unspecified atom stereocenters. The van der Waals surface area contributed by atoms with Gasteiger partial charge in [-0.1, -0.05) is 90.1 Å². The van der Waals surface area contributed by atoms with E-state index in [1.54, 1.807) is 6.07 Å². The molecule has 1 N–H and O–H groups in total. The molecule has 0 atom stereocenters. The second-order valence-corrected chi connectivity index (χ2v) is 7.80. The zero-order valence-electron chi connectivity index (χ0n) is 16.4. The van der Waals surface area contributed by atoms with Crippen molar-refractivity contribution in [3.05, 3.63) is 95.5 Å². The van der Waals surface area contributed by atoms with E-state index in [4.69, 9.17) is 11.6 Å². The van der Waals surface area contributed by atoms with Crippen LogP contribution in [0.1, 0.15) is 5.56 Å². The predicted octanol–water partition coefficient (Wildman–Crippen LogP) is 4.83. The number of carbonyl (C=O) groups is 1. The van der Waals surface area contributed by atoms with Gasteiger partial charge in [-0.05, 0) is 18.2 Å². The number of nitrogens with one attached hydrogen (secondary N) is 1. The number of amides is 1. The van der Waals surface area contributed by atoms with E-state index < -0.39 is 0 Å². The zero-order chi connectivity index (χ0) is 21.5. The molecule has 1 heterocycles. The predicted molar refractivity (Wildman–Crippen MR) is 125 cm³/mol. The summed E-state index contributed by atoms with van der Waals surface area (Å²) in [5, 5.41) is 13.9. The van der Waals surface area contributed by atoms with Crippen molar-refractivity contribution in [2.45, 2.75) is 5.16 Å². The van der Waals surface area contributed by atoms with E-state index in [0.717, 1.165) is 16.8 Å². The summed E-state index contributed by atoms with van der Waals surface area (Å²) in [6.07, 6.45) is 1.52. The minimum absolute atomic E-state index is 0.139. The summed E-state index contributed by atoms with van der Waals surface area (Å²) in [5.41, 5.74) is 5.12. The third kappa shape index (κ3) is 5.20. The first-order chi connectivity index (χ1) is 15.2. The van der Waals surface area contributed by atoms with Gasteiger partial charge < -0.3 is 0 Å². The number of hydrazone groups is 1. The number of aromatic nitrogens is 3. The van der Waals surface area contributed by atoms with Gasteiger partial charge in [-0.2, -0.15) is 5.10 Å². The van der Waals surface area contributed by atoms with Crippen molar-refractivity contribution >= 4 is 35.5 Å². The summed E-state index contributed by atoms with van der Waals surface area (Å²) < 4.78 is 1.94. The maximum atomic E-state index is 12.3. The molecule has 4 rings (SSSR count). The van der Waals surface area contributed by atoms with Crippen molar-refractivity contribution in [1.29, 1.82) is 0 Å². The Morgan fingerprint density at radius 1 is 0.968 bits per heavy atom. The Bertz CT molecular complexity index is 1200. The van der Waals surface area contributed by atoms with Gasteiger partial charge in [0.25, 0.3) is 5.91 Å². The van der Waals surface area contributed by atoms with Crippen LogP contribution in [-0.2, 0) is 4.79 Å². The Balaban J connectivity index is 1.49. The average molecular weight is 448 g/mol. The first kappa shape index (κ1) is 20.8. The standard InChI is InChI=1S/C23H18ClN5OS/c24-20-14-8-7-11-18(20)15-25-26-21(30)16-31-23-28-27-22(17-9-3-1-4-10-17)29(23)19-12-5-2-6-13-19/h1-15H,16H2,(H,26,30). The first-order valence-corrected chi connectivity index (χ1v) is 10.8. The molecule has 0 aliphatic heterocycles. The van der Waals surface area contributed by atoms with Crippen molar-refractivity contribution in [1.82, 2.24) is 20.2 Å². The van der Waals surface area contributed by atoms with Gasteiger partial charge in [0.15, 0.2) is 11.0 Å². The molecule has 1 aromatic heterocycles. The molecule has 1 amide bonds. The fourth-order valence-electron chi connectivity index (χ4n) is 2.86. The largest absolute Gasteiger partial charge is 0.272 e. The third-order valence-corrected chi connectivity index (χ3v) is 5.58. The number of benzene rings is 3. The second kappa shape index (κ2) is 10.1. The topological polar surface area (TPSA) is 72.2 Å². The monoisotopic (exact) mass is 447 g/mol. The van der Waals surface area contributed by atoms with Crippen molar-refractivity contribution in [2.24, 2.45) is 5.10 Å². The van der Waals surface area contributed by atoms with Gasteiger partial charge in [-0.15, -0.1) is 10.2 Å². The molecule has 4 aromatic rings. The Labute approximate surface area is 189 Å². The summed E-state index contributed by atoms with van der Waals surface area (Å²) in [4.78, 5) is 12.3. The number of para-hydroxylation sites is 1. The van der Waals surface area contributed by atoms with Crippen LogP contribution in [0.25, 0.3) is 17.1 Å². The number of thioether (sulfide) groups is 1. The van der Waals surface area contributed by atoms with Gasteiger partial charge in [0.1, 0.15) is 0 Å². The Hall–Kier alpha value is -3.42. The van der Waals surface area contributed by atoms with Crippen LogP contribution in [0.5, 0.6) is 0 Å². The highest BCUT2D eigenvalue weighted by molar-refractivity contribution is 7.99. The molecular weight excluding hydrogens is 430 g/mol. The fraction of sp³-hybridized carbons (Fsp3) is 0.0435. The highest BCUT2D eigenvalue weighted by Gasteiger charge is 2.17. The number of nitrogens with zero attached hydrogens (tertiary/aromatic N) is 4. The number of rotatable bonds is 7. The molecule has 8 heteroatoms. The van der Waals surface area contributed by atoms with Gasteiger partial charge in [0.05, 0.1) is 12.0 Å². The van der Waals surface area contributed by atoms with Crippen LogP contribution >= 0.6 is 23.4 Å². The summed E-state index contributed by atoms with van der Waals surface area (Å²) in [5.74, 6) is 0.600. The van der Waals surface area contributed by atoms with Crippen LogP contribution < -0.4 is 5.43 Å². The Morgan fingerprint density at radius 2 is 1.65 bits per heavy atom. The van der Waals surface area contributed by atoms with Gasteiger partial charge in [0.2, 0.25) is 0 Å². The molecule has 6 nitrogen and oxygen atoms in total. The average Bonchev–Trinajstić information content (AvgIpc) is 3.24. The van der Waals surface area contributed by atoms with E-state index in [0.29, 0.717) is 16.0 Å².